The Morgan fingerprint density at radius 3 is 2.45 bits per heavy atom. The molecule has 3 N–H and O–H groups in total. The number of anilines is 2. The number of halogens is 3. The van der Waals surface area contributed by atoms with Crippen molar-refractivity contribution in [3.63, 3.8) is 0 Å². The summed E-state index contributed by atoms with van der Waals surface area (Å²) in [6.07, 6.45) is -3.05. The summed E-state index contributed by atoms with van der Waals surface area (Å²) in [4.78, 5) is 9.87. The van der Waals surface area contributed by atoms with E-state index < -0.39 is 17.3 Å². The summed E-state index contributed by atoms with van der Waals surface area (Å²) in [6, 6.07) is 0. The predicted molar refractivity (Wildman–Crippen MR) is 104 cm³/mol. The van der Waals surface area contributed by atoms with Gasteiger partial charge in [-0.1, -0.05) is 0 Å². The molecule has 1 aliphatic rings. The van der Waals surface area contributed by atoms with Crippen LogP contribution >= 0.6 is 0 Å². The number of rotatable bonds is 5. The number of ether oxygens (including phenoxy) is 1. The molecular weight excluding hydrogens is 387 g/mol. The van der Waals surface area contributed by atoms with Crippen LogP contribution in [-0.4, -0.2) is 64.5 Å². The molecule has 1 aliphatic heterocycles. The summed E-state index contributed by atoms with van der Waals surface area (Å²) in [5.74, 6) is -0.600. The average Bonchev–Trinajstić information content (AvgIpc) is 3.03. The van der Waals surface area contributed by atoms with Crippen LogP contribution in [0.5, 0.6) is 0 Å². The lowest BCUT2D eigenvalue weighted by Crippen LogP contribution is -2.46. The van der Waals surface area contributed by atoms with Crippen molar-refractivity contribution < 1.29 is 17.9 Å². The minimum absolute atomic E-state index is 0.239. The highest BCUT2D eigenvalue weighted by Crippen LogP contribution is 2.41. The van der Waals surface area contributed by atoms with Crippen LogP contribution in [-0.2, 0) is 16.5 Å². The third-order valence-electron chi connectivity index (χ3n) is 4.94. The summed E-state index contributed by atoms with van der Waals surface area (Å²) in [6.45, 7) is 9.30. The highest BCUT2D eigenvalue weighted by molar-refractivity contribution is 5.72. The third kappa shape index (κ3) is 4.45. The number of nitrogens with two attached hydrogens (primary N) is 1. The Morgan fingerprint density at radius 1 is 1.21 bits per heavy atom. The van der Waals surface area contributed by atoms with Crippen molar-refractivity contribution in [1.29, 1.82) is 0 Å². The molecular formula is C18H26F3N7O. The lowest BCUT2D eigenvalue weighted by molar-refractivity contribution is -0.136. The van der Waals surface area contributed by atoms with Crippen molar-refractivity contribution in [3.8, 4) is 11.3 Å². The van der Waals surface area contributed by atoms with Gasteiger partial charge in [-0.25, -0.2) is 4.98 Å². The van der Waals surface area contributed by atoms with E-state index in [1.165, 1.54) is 7.05 Å². The van der Waals surface area contributed by atoms with Gasteiger partial charge in [0.2, 0.25) is 5.95 Å². The molecule has 8 nitrogen and oxygen atoms in total. The maximum Gasteiger partial charge on any atom is 0.422 e. The second-order valence-corrected chi connectivity index (χ2v) is 7.68. The zero-order valence-corrected chi connectivity index (χ0v) is 17.0. The monoisotopic (exact) mass is 413 g/mol. The van der Waals surface area contributed by atoms with Gasteiger partial charge >= 0.3 is 6.18 Å². The van der Waals surface area contributed by atoms with Crippen LogP contribution in [0.4, 0.5) is 24.9 Å². The van der Waals surface area contributed by atoms with Crippen molar-refractivity contribution in [2.45, 2.75) is 32.5 Å². The van der Waals surface area contributed by atoms with Gasteiger partial charge in [0.25, 0.3) is 0 Å². The summed E-state index contributed by atoms with van der Waals surface area (Å²) < 4.78 is 48.4. The maximum absolute atomic E-state index is 13.8. The van der Waals surface area contributed by atoms with E-state index in [0.717, 1.165) is 13.1 Å². The van der Waals surface area contributed by atoms with Crippen molar-refractivity contribution in [3.05, 3.63) is 17.5 Å². The fraction of sp³-hybridized carbons (Fsp3) is 0.611. The summed E-state index contributed by atoms with van der Waals surface area (Å²) in [5.41, 5.74) is 4.71. The zero-order valence-electron chi connectivity index (χ0n) is 17.0. The Morgan fingerprint density at radius 2 is 1.86 bits per heavy atom. The van der Waals surface area contributed by atoms with Gasteiger partial charge in [-0.3, -0.25) is 9.58 Å². The molecule has 3 rings (SSSR count). The van der Waals surface area contributed by atoms with Gasteiger partial charge in [0.05, 0.1) is 30.1 Å². The van der Waals surface area contributed by atoms with Gasteiger partial charge in [0.15, 0.2) is 0 Å². The average molecular weight is 413 g/mol. The largest absolute Gasteiger partial charge is 0.422 e. The number of nitrogens with zero attached hydrogens (tertiary/aromatic N) is 5. The van der Waals surface area contributed by atoms with Crippen LogP contribution < -0.4 is 11.1 Å². The molecule has 0 radical (unpaired) electrons. The normalized spacial score (nSPS) is 16.2. The summed E-state index contributed by atoms with van der Waals surface area (Å²) in [5, 5.41) is 6.97. The van der Waals surface area contributed by atoms with Gasteiger partial charge in [0, 0.05) is 38.4 Å². The number of aryl methyl sites for hydroxylation is 1. The SMILES string of the molecule is CNc1nc(N)nc(-c2cn(C(C)(C)CN3CCOCC3)nc2C)c1C(F)(F)F. The van der Waals surface area contributed by atoms with Crippen LogP contribution in [0.15, 0.2) is 6.20 Å². The topological polar surface area (TPSA) is 94.1 Å². The van der Waals surface area contributed by atoms with E-state index in [2.05, 4.69) is 25.3 Å². The molecule has 1 saturated heterocycles. The molecule has 0 saturated carbocycles. The Hall–Kier alpha value is -2.40. The minimum atomic E-state index is -4.65. The van der Waals surface area contributed by atoms with E-state index in [0.29, 0.717) is 25.5 Å². The molecule has 3 heterocycles. The number of hydrogen-bond donors (Lipinski definition) is 2. The highest BCUT2D eigenvalue weighted by atomic mass is 19.4. The summed E-state index contributed by atoms with van der Waals surface area (Å²) >= 11 is 0. The Labute approximate surface area is 167 Å². The van der Waals surface area contributed by atoms with Crippen LogP contribution in [0, 0.1) is 6.92 Å². The van der Waals surface area contributed by atoms with Crippen molar-refractivity contribution in [2.24, 2.45) is 0 Å². The first-order valence-corrected chi connectivity index (χ1v) is 9.32. The fourth-order valence-corrected chi connectivity index (χ4v) is 3.50. The van der Waals surface area contributed by atoms with Crippen molar-refractivity contribution in [1.82, 2.24) is 24.6 Å². The molecule has 160 valence electrons. The number of hydrogen-bond acceptors (Lipinski definition) is 7. The van der Waals surface area contributed by atoms with E-state index in [4.69, 9.17) is 10.5 Å². The number of morpholine rings is 1. The number of nitrogen functional groups attached to an aromatic ring is 1. The first-order chi connectivity index (χ1) is 13.5. The molecule has 0 aromatic carbocycles. The molecule has 1 fully saturated rings. The van der Waals surface area contributed by atoms with Gasteiger partial charge in [-0.05, 0) is 20.8 Å². The predicted octanol–water partition coefficient (Wildman–Crippen LogP) is 2.36. The molecule has 0 aliphatic carbocycles. The fourth-order valence-electron chi connectivity index (χ4n) is 3.50. The summed E-state index contributed by atoms with van der Waals surface area (Å²) in [7, 11) is 1.36. The van der Waals surface area contributed by atoms with Gasteiger partial charge in [0.1, 0.15) is 11.4 Å². The molecule has 0 bridgehead atoms. The smallest absolute Gasteiger partial charge is 0.379 e. The molecule has 2 aromatic rings. The first-order valence-electron chi connectivity index (χ1n) is 9.32. The highest BCUT2D eigenvalue weighted by Gasteiger charge is 2.40. The van der Waals surface area contributed by atoms with Crippen LogP contribution in [0.2, 0.25) is 0 Å². The van der Waals surface area contributed by atoms with Gasteiger partial charge < -0.3 is 15.8 Å². The van der Waals surface area contributed by atoms with E-state index in [-0.39, 0.29) is 23.0 Å². The zero-order chi connectivity index (χ0) is 21.4. The standard InChI is InChI=1S/C18H26F3N7O/c1-11-12(14-13(18(19,20)21)15(23-4)25-16(22)24-14)9-28(26-11)17(2,3)10-27-5-7-29-8-6-27/h9H,5-8,10H2,1-4H3,(H3,22,23,24,25). The molecule has 2 aromatic heterocycles. The van der Waals surface area contributed by atoms with Crippen molar-refractivity contribution >= 4 is 11.8 Å². The molecule has 0 amide bonds. The molecule has 0 atom stereocenters. The maximum atomic E-state index is 13.8. The van der Waals surface area contributed by atoms with E-state index >= 15 is 0 Å². The second-order valence-electron chi connectivity index (χ2n) is 7.68. The van der Waals surface area contributed by atoms with Crippen LogP contribution in [0.25, 0.3) is 11.3 Å². The lowest BCUT2D eigenvalue weighted by Gasteiger charge is -2.35. The third-order valence-corrected chi connectivity index (χ3v) is 4.94. The molecule has 11 heteroatoms. The number of nitrogens with one attached hydrogen (secondary N) is 1. The minimum Gasteiger partial charge on any atom is -0.379 e. The number of aromatic nitrogens is 4. The number of alkyl halides is 3. The van der Waals surface area contributed by atoms with E-state index in [1.807, 2.05) is 13.8 Å². The Bertz CT molecular complexity index is 873. The van der Waals surface area contributed by atoms with Crippen LogP contribution in [0.3, 0.4) is 0 Å². The Balaban J connectivity index is 2.03. The second kappa shape index (κ2) is 7.79. The Kier molecular flexibility index (Phi) is 5.72. The lowest BCUT2D eigenvalue weighted by atomic mass is 10.0. The van der Waals surface area contributed by atoms with Crippen LogP contribution in [0.1, 0.15) is 25.1 Å². The van der Waals surface area contributed by atoms with Crippen molar-refractivity contribution in [2.75, 3.05) is 50.9 Å². The molecule has 29 heavy (non-hydrogen) atoms. The van der Waals surface area contributed by atoms with Gasteiger partial charge in [-0.2, -0.15) is 23.3 Å². The molecule has 0 unspecified atom stereocenters. The van der Waals surface area contributed by atoms with E-state index in [1.54, 1.807) is 17.8 Å². The van der Waals surface area contributed by atoms with E-state index in [9.17, 15) is 13.2 Å². The van der Waals surface area contributed by atoms with Gasteiger partial charge in [-0.15, -0.1) is 0 Å². The quantitative estimate of drug-likeness (QED) is 0.777. The molecule has 0 spiro atoms. The first kappa shape index (κ1) is 21.3.